The van der Waals surface area contributed by atoms with E-state index in [2.05, 4.69) is 232 Å². The van der Waals surface area contributed by atoms with E-state index in [1.54, 1.807) is 0 Å². The number of benzene rings is 10. The minimum Gasteiger partial charge on any atom is -0.454 e. The topological polar surface area (TPSA) is 27.9 Å². The van der Waals surface area contributed by atoms with Gasteiger partial charge in [0.2, 0.25) is 0 Å². The maximum absolute atomic E-state index is 6.77. The second kappa shape index (κ2) is 13.4. The molecular weight excluding hydrogens is 779 g/mol. The summed E-state index contributed by atoms with van der Waals surface area (Å²) in [7, 11) is 0. The van der Waals surface area contributed by atoms with E-state index >= 15 is 0 Å². The summed E-state index contributed by atoms with van der Waals surface area (Å²) in [6, 6.07) is 81.5. The van der Waals surface area contributed by atoms with Crippen molar-refractivity contribution in [1.82, 2.24) is 13.7 Å². The molecule has 0 atom stereocenters. The van der Waals surface area contributed by atoms with E-state index in [-0.39, 0.29) is 0 Å². The second-order valence-electron chi connectivity index (χ2n) is 16.9. The Hall–Kier alpha value is -8.60. The van der Waals surface area contributed by atoms with Crippen molar-refractivity contribution in [2.24, 2.45) is 0 Å². The highest BCUT2D eigenvalue weighted by atomic mass is 16.3. The summed E-state index contributed by atoms with van der Waals surface area (Å²) in [6.07, 6.45) is 0. The lowest BCUT2D eigenvalue weighted by molar-refractivity contribution is 0.666. The van der Waals surface area contributed by atoms with Crippen LogP contribution in [-0.2, 0) is 0 Å². The van der Waals surface area contributed by atoms with Gasteiger partial charge in [0.1, 0.15) is 5.58 Å². The predicted molar refractivity (Wildman–Crippen MR) is 268 cm³/mol. The number of rotatable bonds is 5. The Bertz CT molecular complexity index is 4180. The standard InChI is InChI=1S/C60H37N3O/c1-3-14-42(15-4-1)61-53-23-11-8-19-45(53)51-34-38(29-33-54(51)61)39-26-31-47-48-32-28-41(40-27-30-46-44-18-7-10-22-52(44)62(56(46)35-40)43-16-5-2-6-17-43)37-58(48)63(57(47)36-39)55-24-13-21-50-49-20-9-12-25-59(49)64-60(50)55/h1-37H. The van der Waals surface area contributed by atoms with Gasteiger partial charge in [0.15, 0.2) is 5.58 Å². The molecule has 0 N–H and O–H groups in total. The van der Waals surface area contributed by atoms with E-state index in [0.29, 0.717) is 0 Å². The van der Waals surface area contributed by atoms with Crippen molar-refractivity contribution in [1.29, 1.82) is 0 Å². The molecule has 4 heteroatoms. The highest BCUT2D eigenvalue weighted by Gasteiger charge is 2.21. The third-order valence-electron chi connectivity index (χ3n) is 13.4. The number of furan rings is 1. The van der Waals surface area contributed by atoms with Crippen LogP contribution in [0.25, 0.3) is 127 Å². The third kappa shape index (κ3) is 5.05. The average Bonchev–Trinajstić information content (AvgIpc) is 4.10. The summed E-state index contributed by atoms with van der Waals surface area (Å²) >= 11 is 0. The SMILES string of the molecule is c1ccc(-n2c3ccccc3c3cc(-c4ccc5c6ccc(-c7ccc8c9ccccc9n(-c9ccccc9)c8c7)cc6n(-c6cccc7c6oc6ccccc67)c5c4)ccc32)cc1. The van der Waals surface area contributed by atoms with Gasteiger partial charge < -0.3 is 18.1 Å². The third-order valence-corrected chi connectivity index (χ3v) is 13.4. The van der Waals surface area contributed by atoms with Crippen LogP contribution in [0.1, 0.15) is 0 Å². The first-order chi connectivity index (χ1) is 31.7. The van der Waals surface area contributed by atoms with Gasteiger partial charge in [-0.3, -0.25) is 0 Å². The van der Waals surface area contributed by atoms with Gasteiger partial charge in [-0.05, 0) is 101 Å². The molecule has 0 amide bonds. The number of para-hydroxylation sites is 6. The molecule has 0 radical (unpaired) electrons. The van der Waals surface area contributed by atoms with Gasteiger partial charge in [-0.15, -0.1) is 0 Å². The Balaban J connectivity index is 1.01. The van der Waals surface area contributed by atoms with Gasteiger partial charge in [-0.1, -0.05) is 146 Å². The molecule has 0 aliphatic rings. The molecule has 14 aromatic rings. The van der Waals surface area contributed by atoms with Crippen molar-refractivity contribution in [2.75, 3.05) is 0 Å². The minimum absolute atomic E-state index is 0.877. The Morgan fingerprint density at radius 2 is 0.672 bits per heavy atom. The normalized spacial score (nSPS) is 12.1. The van der Waals surface area contributed by atoms with E-state index in [4.69, 9.17) is 4.42 Å². The monoisotopic (exact) mass is 815 g/mol. The predicted octanol–water partition coefficient (Wildman–Crippen LogP) is 16.2. The van der Waals surface area contributed by atoms with Gasteiger partial charge in [0, 0.05) is 54.5 Å². The van der Waals surface area contributed by atoms with Crippen molar-refractivity contribution < 1.29 is 4.42 Å². The van der Waals surface area contributed by atoms with E-state index in [1.807, 2.05) is 6.07 Å². The van der Waals surface area contributed by atoms with Crippen LogP contribution in [0, 0.1) is 0 Å². The molecule has 298 valence electrons. The molecule has 4 nitrogen and oxygen atoms in total. The van der Waals surface area contributed by atoms with Crippen LogP contribution in [0.2, 0.25) is 0 Å². The second-order valence-corrected chi connectivity index (χ2v) is 16.9. The fraction of sp³-hybridized carbons (Fsp3) is 0. The fourth-order valence-corrected chi connectivity index (χ4v) is 10.6. The molecule has 14 rings (SSSR count). The van der Waals surface area contributed by atoms with Crippen LogP contribution < -0.4 is 0 Å². The summed E-state index contributed by atoms with van der Waals surface area (Å²) in [5, 5.41) is 9.58. The zero-order valence-electron chi connectivity index (χ0n) is 34.6. The highest BCUT2D eigenvalue weighted by molar-refractivity contribution is 6.16. The van der Waals surface area contributed by atoms with E-state index in [9.17, 15) is 0 Å². The van der Waals surface area contributed by atoms with Crippen LogP contribution in [0.4, 0.5) is 0 Å². The number of hydrogen-bond donors (Lipinski definition) is 0. The maximum Gasteiger partial charge on any atom is 0.159 e. The van der Waals surface area contributed by atoms with Crippen LogP contribution in [0.5, 0.6) is 0 Å². The zero-order chi connectivity index (χ0) is 41.9. The lowest BCUT2D eigenvalue weighted by Crippen LogP contribution is -1.95. The molecule has 64 heavy (non-hydrogen) atoms. The molecule has 0 fully saturated rings. The van der Waals surface area contributed by atoms with Crippen molar-refractivity contribution in [3.05, 3.63) is 224 Å². The maximum atomic E-state index is 6.77. The van der Waals surface area contributed by atoms with Gasteiger partial charge in [-0.2, -0.15) is 0 Å². The molecule has 0 aliphatic heterocycles. The molecule has 0 bridgehead atoms. The van der Waals surface area contributed by atoms with Crippen LogP contribution in [0.3, 0.4) is 0 Å². The first-order valence-corrected chi connectivity index (χ1v) is 21.9. The average molecular weight is 816 g/mol. The van der Waals surface area contributed by atoms with Gasteiger partial charge in [-0.25, -0.2) is 0 Å². The lowest BCUT2D eigenvalue weighted by Gasteiger charge is -2.11. The highest BCUT2D eigenvalue weighted by Crippen LogP contribution is 2.43. The number of fused-ring (bicyclic) bond motifs is 12. The quantitative estimate of drug-likeness (QED) is 0.170. The number of nitrogens with zero attached hydrogens (tertiary/aromatic N) is 3. The van der Waals surface area contributed by atoms with Crippen LogP contribution in [0.15, 0.2) is 229 Å². The molecule has 0 saturated heterocycles. The van der Waals surface area contributed by atoms with Gasteiger partial charge in [0.25, 0.3) is 0 Å². The van der Waals surface area contributed by atoms with Gasteiger partial charge >= 0.3 is 0 Å². The van der Waals surface area contributed by atoms with E-state index in [1.165, 1.54) is 59.9 Å². The Kier molecular flexibility index (Phi) is 7.36. The molecular formula is C60H37N3O. The van der Waals surface area contributed by atoms with E-state index in [0.717, 1.165) is 66.7 Å². The molecule has 0 saturated carbocycles. The summed E-state index contributed by atoms with van der Waals surface area (Å²) < 4.78 is 14.0. The number of hydrogen-bond acceptors (Lipinski definition) is 1. The first-order valence-electron chi connectivity index (χ1n) is 21.9. The number of aromatic nitrogens is 3. The largest absolute Gasteiger partial charge is 0.454 e. The van der Waals surface area contributed by atoms with Crippen LogP contribution >= 0.6 is 0 Å². The Labute approximate surface area is 367 Å². The first kappa shape index (κ1) is 35.0. The molecule has 0 unspecified atom stereocenters. The van der Waals surface area contributed by atoms with Crippen LogP contribution in [-0.4, -0.2) is 13.7 Å². The van der Waals surface area contributed by atoms with Gasteiger partial charge in [0.05, 0.1) is 38.8 Å². The summed E-state index contributed by atoms with van der Waals surface area (Å²) in [6.45, 7) is 0. The smallest absolute Gasteiger partial charge is 0.159 e. The molecule has 4 aromatic heterocycles. The molecule has 0 spiro atoms. The summed E-state index contributed by atoms with van der Waals surface area (Å²) in [5.74, 6) is 0. The Morgan fingerprint density at radius 3 is 1.28 bits per heavy atom. The fourth-order valence-electron chi connectivity index (χ4n) is 10.6. The minimum atomic E-state index is 0.877. The summed E-state index contributed by atoms with van der Waals surface area (Å²) in [5.41, 5.74) is 16.8. The van der Waals surface area contributed by atoms with Crippen molar-refractivity contribution >= 4 is 87.4 Å². The molecule has 4 heterocycles. The zero-order valence-corrected chi connectivity index (χ0v) is 34.6. The molecule has 10 aromatic carbocycles. The lowest BCUT2D eigenvalue weighted by atomic mass is 10.00. The van der Waals surface area contributed by atoms with Crippen molar-refractivity contribution in [2.45, 2.75) is 0 Å². The molecule has 0 aliphatic carbocycles. The van der Waals surface area contributed by atoms with Crippen molar-refractivity contribution in [3.8, 4) is 39.3 Å². The van der Waals surface area contributed by atoms with E-state index < -0.39 is 0 Å². The summed E-state index contributed by atoms with van der Waals surface area (Å²) in [4.78, 5) is 0. The van der Waals surface area contributed by atoms with Crippen molar-refractivity contribution in [3.63, 3.8) is 0 Å². The Morgan fingerprint density at radius 1 is 0.250 bits per heavy atom.